The minimum absolute atomic E-state index is 0.00364. The van der Waals surface area contributed by atoms with Gasteiger partial charge < -0.3 is 30.3 Å². The van der Waals surface area contributed by atoms with Crippen LogP contribution in [-0.4, -0.2) is 53.8 Å². The molecule has 0 fully saturated rings. The lowest BCUT2D eigenvalue weighted by atomic mass is 10.0. The van der Waals surface area contributed by atoms with Crippen molar-refractivity contribution in [2.24, 2.45) is 0 Å². The SMILES string of the molecule is C=CC(=CC/C=C(\C)C(CC)Nc1nc(NCc2ccccc2Sc2ccccc2CO)nc2cc(OC)c(OC)cc12)SC.CO. The van der Waals surface area contributed by atoms with E-state index in [1.54, 1.807) is 37.7 Å². The summed E-state index contributed by atoms with van der Waals surface area (Å²) < 4.78 is 11.2. The Bertz CT molecular complexity index is 1680. The molecular formula is C37H46N4O4S2. The van der Waals surface area contributed by atoms with Gasteiger partial charge in [-0.2, -0.15) is 4.98 Å². The first-order chi connectivity index (χ1) is 22.9. The van der Waals surface area contributed by atoms with E-state index in [4.69, 9.17) is 24.5 Å². The molecule has 250 valence electrons. The van der Waals surface area contributed by atoms with Crippen LogP contribution in [-0.2, 0) is 13.2 Å². The van der Waals surface area contributed by atoms with Crippen LogP contribution < -0.4 is 20.1 Å². The molecule has 4 N–H and O–H groups in total. The Morgan fingerprint density at radius 2 is 1.60 bits per heavy atom. The maximum Gasteiger partial charge on any atom is 0.225 e. The van der Waals surface area contributed by atoms with E-state index in [1.807, 2.05) is 54.6 Å². The molecule has 1 heterocycles. The van der Waals surface area contributed by atoms with Gasteiger partial charge in [-0.3, -0.25) is 0 Å². The molecule has 4 aromatic rings. The highest BCUT2D eigenvalue weighted by molar-refractivity contribution is 8.02. The van der Waals surface area contributed by atoms with E-state index in [1.165, 1.54) is 5.57 Å². The molecule has 1 aromatic heterocycles. The van der Waals surface area contributed by atoms with Crippen LogP contribution in [0.5, 0.6) is 11.5 Å². The monoisotopic (exact) mass is 674 g/mol. The standard InChI is InChI=1S/C36H42N4O3S2.CH4O/c1-7-27(44-6)17-13-14-24(3)29(8-2)38-35-28-20-31(42-4)32(43-5)21-30(28)39-36(40-35)37-22-25-15-9-11-18-33(25)45-34-19-12-10-16-26(34)23-41;1-2/h7,9-12,14-21,29,41H,1,8,13,22-23H2,2-6H3,(H2,37,38,39,40);2H,1H3/b24-14+,27-17?;. The number of hydrogen-bond acceptors (Lipinski definition) is 10. The fourth-order valence-electron chi connectivity index (χ4n) is 4.88. The molecule has 4 rings (SSSR count). The van der Waals surface area contributed by atoms with Crippen molar-refractivity contribution in [3.63, 3.8) is 0 Å². The van der Waals surface area contributed by atoms with Crippen molar-refractivity contribution in [1.82, 2.24) is 9.97 Å². The number of thioether (sulfide) groups is 1. The molecule has 8 nitrogen and oxygen atoms in total. The van der Waals surface area contributed by atoms with E-state index in [-0.39, 0.29) is 12.6 Å². The number of fused-ring (bicyclic) bond motifs is 1. The first kappa shape index (κ1) is 37.5. The van der Waals surface area contributed by atoms with Crippen LogP contribution in [0.25, 0.3) is 10.9 Å². The molecule has 0 spiro atoms. The number of hydrogen-bond donors (Lipinski definition) is 4. The third kappa shape index (κ3) is 10.3. The highest BCUT2D eigenvalue weighted by Gasteiger charge is 2.17. The van der Waals surface area contributed by atoms with Crippen molar-refractivity contribution in [2.45, 2.75) is 55.7 Å². The van der Waals surface area contributed by atoms with E-state index in [0.717, 1.165) is 56.7 Å². The lowest BCUT2D eigenvalue weighted by Crippen LogP contribution is -2.21. The van der Waals surface area contributed by atoms with Gasteiger partial charge in [-0.25, -0.2) is 4.98 Å². The third-order valence-electron chi connectivity index (χ3n) is 7.44. The number of allylic oxidation sites excluding steroid dienone is 3. The average molecular weight is 675 g/mol. The normalized spacial score (nSPS) is 12.2. The second-order valence-electron chi connectivity index (χ2n) is 10.3. The molecule has 1 atom stereocenters. The van der Waals surface area contributed by atoms with E-state index < -0.39 is 0 Å². The highest BCUT2D eigenvalue weighted by atomic mass is 32.2. The van der Waals surface area contributed by atoms with Gasteiger partial charge in [-0.15, -0.1) is 11.8 Å². The molecule has 0 radical (unpaired) electrons. The van der Waals surface area contributed by atoms with Gasteiger partial charge in [0.25, 0.3) is 0 Å². The lowest BCUT2D eigenvalue weighted by molar-refractivity contribution is 0.279. The molecule has 0 aliphatic heterocycles. The van der Waals surface area contributed by atoms with Gasteiger partial charge >= 0.3 is 0 Å². The molecule has 0 aliphatic rings. The Hall–Kier alpha value is -3.96. The Morgan fingerprint density at radius 3 is 2.21 bits per heavy atom. The number of aliphatic hydroxyl groups excluding tert-OH is 2. The minimum atomic E-state index is -0.00364. The van der Waals surface area contributed by atoms with Gasteiger partial charge in [-0.05, 0) is 55.3 Å². The predicted molar refractivity (Wildman–Crippen MR) is 199 cm³/mol. The number of anilines is 2. The number of ether oxygens (including phenoxy) is 2. The third-order valence-corrected chi connectivity index (χ3v) is 9.48. The summed E-state index contributed by atoms with van der Waals surface area (Å²) in [6, 6.07) is 20.0. The number of methoxy groups -OCH3 is 2. The summed E-state index contributed by atoms with van der Waals surface area (Å²) in [6.45, 7) is 8.72. The number of nitrogens with zero attached hydrogens (tertiary/aromatic N) is 2. The van der Waals surface area contributed by atoms with Crippen molar-refractivity contribution >= 4 is 46.2 Å². The topological polar surface area (TPSA) is 109 Å². The van der Waals surface area contributed by atoms with E-state index in [9.17, 15) is 5.11 Å². The molecule has 47 heavy (non-hydrogen) atoms. The van der Waals surface area contributed by atoms with Crippen LogP contribution in [0.2, 0.25) is 0 Å². The summed E-state index contributed by atoms with van der Waals surface area (Å²) in [5, 5.41) is 24.8. The summed E-state index contributed by atoms with van der Waals surface area (Å²) in [6.07, 6.45) is 10.1. The molecule has 0 aliphatic carbocycles. The van der Waals surface area contributed by atoms with Crippen molar-refractivity contribution in [3.05, 3.63) is 107 Å². The summed E-state index contributed by atoms with van der Waals surface area (Å²) >= 11 is 3.33. The van der Waals surface area contributed by atoms with E-state index in [2.05, 4.69) is 61.6 Å². The van der Waals surface area contributed by atoms with Crippen molar-refractivity contribution in [3.8, 4) is 11.5 Å². The zero-order valence-electron chi connectivity index (χ0n) is 28.0. The van der Waals surface area contributed by atoms with Gasteiger partial charge in [0.05, 0.1) is 26.3 Å². The lowest BCUT2D eigenvalue weighted by Gasteiger charge is -2.21. The number of rotatable bonds is 16. The van der Waals surface area contributed by atoms with Crippen LogP contribution >= 0.6 is 23.5 Å². The zero-order chi connectivity index (χ0) is 34.2. The van der Waals surface area contributed by atoms with Crippen molar-refractivity contribution in [2.75, 3.05) is 38.2 Å². The molecular weight excluding hydrogens is 629 g/mol. The number of benzene rings is 3. The second kappa shape index (κ2) is 19.6. The van der Waals surface area contributed by atoms with Crippen LogP contribution in [0, 0.1) is 0 Å². The Balaban J connectivity index is 0.00000294. The fourth-order valence-corrected chi connectivity index (χ4v) is 6.37. The molecule has 0 amide bonds. The fraction of sp³-hybridized carbons (Fsp3) is 0.297. The Kier molecular flexibility index (Phi) is 15.7. The zero-order valence-corrected chi connectivity index (χ0v) is 29.7. The summed E-state index contributed by atoms with van der Waals surface area (Å²) in [5.74, 6) is 2.44. The van der Waals surface area contributed by atoms with E-state index in [0.29, 0.717) is 29.8 Å². The van der Waals surface area contributed by atoms with Gasteiger partial charge in [0.2, 0.25) is 5.95 Å². The first-order valence-electron chi connectivity index (χ1n) is 15.3. The molecule has 0 bridgehead atoms. The van der Waals surface area contributed by atoms with Crippen molar-refractivity contribution in [1.29, 1.82) is 0 Å². The van der Waals surface area contributed by atoms with Gasteiger partial charge in [0, 0.05) is 45.8 Å². The largest absolute Gasteiger partial charge is 0.493 e. The molecule has 0 saturated carbocycles. The average Bonchev–Trinajstić information content (AvgIpc) is 3.12. The van der Waals surface area contributed by atoms with Gasteiger partial charge in [-0.1, -0.05) is 85.5 Å². The summed E-state index contributed by atoms with van der Waals surface area (Å²) in [4.78, 5) is 13.1. The quantitative estimate of drug-likeness (QED) is 0.0683. The summed E-state index contributed by atoms with van der Waals surface area (Å²) in [5.41, 5.74) is 3.97. The van der Waals surface area contributed by atoms with Crippen LogP contribution in [0.4, 0.5) is 11.8 Å². The molecule has 0 saturated heterocycles. The highest BCUT2D eigenvalue weighted by Crippen LogP contribution is 2.36. The van der Waals surface area contributed by atoms with Crippen LogP contribution in [0.3, 0.4) is 0 Å². The molecule has 10 heteroatoms. The number of aliphatic hydroxyl groups is 2. The second-order valence-corrected chi connectivity index (χ2v) is 12.2. The maximum absolute atomic E-state index is 9.82. The number of aromatic nitrogens is 2. The smallest absolute Gasteiger partial charge is 0.225 e. The van der Waals surface area contributed by atoms with Gasteiger partial charge in [0.1, 0.15) is 5.82 Å². The Morgan fingerprint density at radius 1 is 0.957 bits per heavy atom. The minimum Gasteiger partial charge on any atom is -0.493 e. The van der Waals surface area contributed by atoms with E-state index >= 15 is 0 Å². The number of nitrogens with one attached hydrogen (secondary N) is 2. The predicted octanol–water partition coefficient (Wildman–Crippen LogP) is 8.47. The Labute approximate surface area is 287 Å². The summed E-state index contributed by atoms with van der Waals surface area (Å²) in [7, 11) is 4.25. The molecule has 1 unspecified atom stereocenters. The first-order valence-corrected chi connectivity index (χ1v) is 17.3. The van der Waals surface area contributed by atoms with Crippen LogP contribution in [0.1, 0.15) is 37.8 Å². The van der Waals surface area contributed by atoms with Crippen molar-refractivity contribution < 1.29 is 19.7 Å². The van der Waals surface area contributed by atoms with Gasteiger partial charge in [0.15, 0.2) is 11.5 Å². The maximum atomic E-state index is 9.82. The molecule has 3 aromatic carbocycles. The van der Waals surface area contributed by atoms with Crippen LogP contribution in [0.15, 0.2) is 106 Å².